The highest BCUT2D eigenvalue weighted by atomic mass is 16.2. The highest BCUT2D eigenvalue weighted by Gasteiger charge is 2.33. The highest BCUT2D eigenvalue weighted by Crippen LogP contribution is 2.25. The van der Waals surface area contributed by atoms with Gasteiger partial charge in [-0.1, -0.05) is 24.3 Å². The summed E-state index contributed by atoms with van der Waals surface area (Å²) in [6.45, 7) is 6.15. The minimum atomic E-state index is -0.683. The molecule has 0 spiro atoms. The fraction of sp³-hybridized carbons (Fsp3) is 0.261. The molecule has 1 saturated heterocycles. The molecule has 3 aromatic rings. The number of aromatic amines is 1. The van der Waals surface area contributed by atoms with Crippen molar-refractivity contribution in [3.63, 3.8) is 0 Å². The first-order valence-electron chi connectivity index (χ1n) is 9.65. The van der Waals surface area contributed by atoms with E-state index >= 15 is 0 Å². The van der Waals surface area contributed by atoms with Crippen LogP contribution in [-0.2, 0) is 9.59 Å². The zero-order valence-electron chi connectivity index (χ0n) is 16.7. The number of H-pyrrole nitrogens is 1. The van der Waals surface area contributed by atoms with Gasteiger partial charge in [0.25, 0.3) is 11.7 Å². The molecule has 0 radical (unpaired) electrons. The first-order valence-corrected chi connectivity index (χ1v) is 9.65. The summed E-state index contributed by atoms with van der Waals surface area (Å²) in [6, 6.07) is 12.9. The van der Waals surface area contributed by atoms with Crippen molar-refractivity contribution in [1.82, 2.24) is 10.3 Å². The molecule has 2 amide bonds. The summed E-state index contributed by atoms with van der Waals surface area (Å²) in [7, 11) is 0. The second-order valence-corrected chi connectivity index (χ2v) is 7.65. The number of benzene rings is 2. The van der Waals surface area contributed by atoms with Crippen molar-refractivity contribution in [2.75, 3.05) is 11.4 Å². The molecule has 2 heterocycles. The van der Waals surface area contributed by atoms with Gasteiger partial charge < -0.3 is 15.2 Å². The first kappa shape index (κ1) is 18.9. The molecule has 29 heavy (non-hydrogen) atoms. The fourth-order valence-electron chi connectivity index (χ4n) is 3.88. The minimum absolute atomic E-state index is 0.0609. The van der Waals surface area contributed by atoms with Crippen molar-refractivity contribution in [2.45, 2.75) is 33.2 Å². The van der Waals surface area contributed by atoms with Crippen LogP contribution in [0.1, 0.15) is 33.6 Å². The molecule has 6 nitrogen and oxygen atoms in total. The van der Waals surface area contributed by atoms with Crippen LogP contribution in [-0.4, -0.2) is 35.2 Å². The van der Waals surface area contributed by atoms with Crippen molar-refractivity contribution >= 4 is 34.2 Å². The van der Waals surface area contributed by atoms with Crippen LogP contribution in [0.4, 0.5) is 5.69 Å². The van der Waals surface area contributed by atoms with Gasteiger partial charge in [0, 0.05) is 35.2 Å². The maximum atomic E-state index is 12.8. The van der Waals surface area contributed by atoms with Crippen molar-refractivity contribution in [2.24, 2.45) is 0 Å². The summed E-state index contributed by atoms with van der Waals surface area (Å²) >= 11 is 0. The van der Waals surface area contributed by atoms with E-state index < -0.39 is 17.7 Å². The third-order valence-corrected chi connectivity index (χ3v) is 5.59. The SMILES string of the molecule is Cc1ccc(N2CC(NC(=O)C(=O)c3c(C)[nH]c4ccccc34)CC2=O)cc1C. The lowest BCUT2D eigenvalue weighted by molar-refractivity contribution is -0.118. The van der Waals surface area contributed by atoms with Crippen LogP contribution < -0.4 is 10.2 Å². The molecule has 1 atom stereocenters. The van der Waals surface area contributed by atoms with Crippen LogP contribution in [0.15, 0.2) is 42.5 Å². The molecule has 0 bridgehead atoms. The van der Waals surface area contributed by atoms with Gasteiger partial charge in [-0.25, -0.2) is 0 Å². The third kappa shape index (κ3) is 3.42. The monoisotopic (exact) mass is 389 g/mol. The number of anilines is 1. The molecule has 1 aliphatic rings. The lowest BCUT2D eigenvalue weighted by Crippen LogP contribution is -2.41. The zero-order valence-corrected chi connectivity index (χ0v) is 16.7. The summed E-state index contributed by atoms with van der Waals surface area (Å²) < 4.78 is 0. The van der Waals surface area contributed by atoms with E-state index in [0.717, 1.165) is 27.7 Å². The van der Waals surface area contributed by atoms with Gasteiger partial charge in [0.05, 0.1) is 11.6 Å². The maximum Gasteiger partial charge on any atom is 0.292 e. The third-order valence-electron chi connectivity index (χ3n) is 5.59. The lowest BCUT2D eigenvalue weighted by atomic mass is 10.1. The molecule has 148 valence electrons. The normalized spacial score (nSPS) is 16.4. The number of para-hydroxylation sites is 1. The summed E-state index contributed by atoms with van der Waals surface area (Å²) in [4.78, 5) is 42.7. The van der Waals surface area contributed by atoms with Gasteiger partial charge in [-0.2, -0.15) is 0 Å². The van der Waals surface area contributed by atoms with Crippen molar-refractivity contribution in [1.29, 1.82) is 0 Å². The number of nitrogens with one attached hydrogen (secondary N) is 2. The topological polar surface area (TPSA) is 82.3 Å². The van der Waals surface area contributed by atoms with Crippen molar-refractivity contribution < 1.29 is 14.4 Å². The van der Waals surface area contributed by atoms with Crippen LogP contribution in [0, 0.1) is 20.8 Å². The second-order valence-electron chi connectivity index (χ2n) is 7.65. The number of Topliss-reactive ketones (excluding diaryl/α,β-unsaturated/α-hetero) is 1. The Labute approximate surface area is 168 Å². The minimum Gasteiger partial charge on any atom is -0.358 e. The van der Waals surface area contributed by atoms with Crippen molar-refractivity contribution in [3.05, 3.63) is 64.8 Å². The number of amides is 2. The summed E-state index contributed by atoms with van der Waals surface area (Å²) in [5.74, 6) is -1.33. The second kappa shape index (κ2) is 7.20. The number of rotatable bonds is 4. The molecular weight excluding hydrogens is 366 g/mol. The number of carbonyl (C=O) groups is 3. The smallest absolute Gasteiger partial charge is 0.292 e. The van der Waals surface area contributed by atoms with Gasteiger partial charge in [-0.05, 0) is 50.1 Å². The van der Waals surface area contributed by atoms with Crippen LogP contribution in [0.3, 0.4) is 0 Å². The largest absolute Gasteiger partial charge is 0.358 e. The number of fused-ring (bicyclic) bond motifs is 1. The van der Waals surface area contributed by atoms with Crippen LogP contribution >= 0.6 is 0 Å². The van der Waals surface area contributed by atoms with Gasteiger partial charge in [0.15, 0.2) is 0 Å². The molecule has 2 aromatic carbocycles. The Balaban J connectivity index is 1.50. The number of aryl methyl sites for hydroxylation is 3. The predicted molar refractivity (Wildman–Crippen MR) is 112 cm³/mol. The Kier molecular flexibility index (Phi) is 4.70. The Morgan fingerprint density at radius 2 is 1.83 bits per heavy atom. The molecule has 6 heteroatoms. The number of hydrogen-bond acceptors (Lipinski definition) is 3. The highest BCUT2D eigenvalue weighted by molar-refractivity contribution is 6.45. The molecule has 4 rings (SSSR count). The molecule has 1 unspecified atom stereocenters. The summed E-state index contributed by atoms with van der Waals surface area (Å²) in [6.07, 6.45) is 0.179. The Hall–Kier alpha value is -3.41. The molecule has 1 aromatic heterocycles. The predicted octanol–water partition coefficient (Wildman–Crippen LogP) is 3.20. The van der Waals surface area contributed by atoms with Crippen LogP contribution in [0.25, 0.3) is 10.9 Å². The Morgan fingerprint density at radius 3 is 2.59 bits per heavy atom. The van der Waals surface area contributed by atoms with E-state index in [-0.39, 0.29) is 12.3 Å². The van der Waals surface area contributed by atoms with Crippen molar-refractivity contribution in [3.8, 4) is 0 Å². The zero-order chi connectivity index (χ0) is 20.7. The summed E-state index contributed by atoms with van der Waals surface area (Å²) in [5, 5.41) is 3.48. The van der Waals surface area contributed by atoms with E-state index in [4.69, 9.17) is 0 Å². The molecule has 0 aliphatic carbocycles. The number of hydrogen-bond donors (Lipinski definition) is 2. The number of ketones is 1. The summed E-state index contributed by atoms with van der Waals surface area (Å²) in [5.41, 5.74) is 4.93. The molecular formula is C23H23N3O3. The fourth-order valence-corrected chi connectivity index (χ4v) is 3.88. The van der Waals surface area contributed by atoms with Gasteiger partial charge in [0.2, 0.25) is 5.91 Å². The number of carbonyl (C=O) groups excluding carboxylic acids is 3. The quantitative estimate of drug-likeness (QED) is 0.531. The molecule has 0 saturated carbocycles. The van der Waals surface area contributed by atoms with E-state index in [2.05, 4.69) is 10.3 Å². The Morgan fingerprint density at radius 1 is 1.07 bits per heavy atom. The van der Waals surface area contributed by atoms with Gasteiger partial charge >= 0.3 is 0 Å². The van der Waals surface area contributed by atoms with Gasteiger partial charge in [-0.3, -0.25) is 14.4 Å². The molecule has 2 N–H and O–H groups in total. The standard InChI is InChI=1S/C23H23N3O3/c1-13-8-9-17(10-14(13)2)26-12-16(11-20(26)27)25-23(29)22(28)21-15(3)24-19-7-5-4-6-18(19)21/h4-10,16,24H,11-12H2,1-3H3,(H,25,29). The van der Waals surface area contributed by atoms with E-state index in [9.17, 15) is 14.4 Å². The van der Waals surface area contributed by atoms with Gasteiger partial charge in [0.1, 0.15) is 0 Å². The van der Waals surface area contributed by atoms with Crippen LogP contribution in [0.2, 0.25) is 0 Å². The van der Waals surface area contributed by atoms with E-state index in [0.29, 0.717) is 17.8 Å². The van der Waals surface area contributed by atoms with E-state index in [1.807, 2.05) is 56.3 Å². The first-order chi connectivity index (χ1) is 13.8. The lowest BCUT2D eigenvalue weighted by Gasteiger charge is -2.18. The maximum absolute atomic E-state index is 12.8. The van der Waals surface area contributed by atoms with E-state index in [1.54, 1.807) is 11.8 Å². The van der Waals surface area contributed by atoms with Crippen LogP contribution in [0.5, 0.6) is 0 Å². The van der Waals surface area contributed by atoms with E-state index in [1.165, 1.54) is 0 Å². The molecule has 1 fully saturated rings. The average molecular weight is 389 g/mol. The Bertz CT molecular complexity index is 1150. The number of aromatic nitrogens is 1. The number of nitrogens with zero attached hydrogens (tertiary/aromatic N) is 1. The average Bonchev–Trinajstić information content (AvgIpc) is 3.22. The van der Waals surface area contributed by atoms with Gasteiger partial charge in [-0.15, -0.1) is 0 Å². The molecule has 1 aliphatic heterocycles.